The van der Waals surface area contributed by atoms with Crippen molar-refractivity contribution in [3.05, 3.63) is 59.7 Å². The molecule has 0 radical (unpaired) electrons. The molecule has 2 rings (SSSR count). The van der Waals surface area contributed by atoms with Gasteiger partial charge in [-0.3, -0.25) is 14.4 Å². The standard InChI is InChI=1S/C25H29N3O9/c1-25(14-2-6-16(29)7-3-14,15-4-8-17(30)9-5-15)11-10-21(32)27-19(24(36)37)13-22(33)28-18(23(34)35)12-20(26)31/h2-9,18-19,29-30H,10-13H2,1H3,(H2,26,31)(H,27,32)(H,28,33)(H,34,35)(H,36,37)/t18-,19-/m0/s1. The maximum atomic E-state index is 12.7. The normalized spacial score (nSPS) is 12.7. The number of carbonyl (C=O) groups excluding carboxylic acids is 3. The largest absolute Gasteiger partial charge is 0.508 e. The van der Waals surface area contributed by atoms with Crippen LogP contribution in [0, 0.1) is 0 Å². The average Bonchev–Trinajstić information content (AvgIpc) is 2.82. The van der Waals surface area contributed by atoms with E-state index in [9.17, 15) is 39.3 Å². The smallest absolute Gasteiger partial charge is 0.326 e. The number of carbonyl (C=O) groups is 5. The number of nitrogens with two attached hydrogens (primary N) is 1. The van der Waals surface area contributed by atoms with Gasteiger partial charge in [-0.15, -0.1) is 0 Å². The minimum atomic E-state index is -1.65. The van der Waals surface area contributed by atoms with Crippen LogP contribution in [0.3, 0.4) is 0 Å². The van der Waals surface area contributed by atoms with Crippen LogP contribution in [0.2, 0.25) is 0 Å². The van der Waals surface area contributed by atoms with Crippen LogP contribution < -0.4 is 16.4 Å². The molecule has 8 N–H and O–H groups in total. The summed E-state index contributed by atoms with van der Waals surface area (Å²) in [6.45, 7) is 1.85. The molecule has 0 heterocycles. The molecule has 2 aromatic carbocycles. The Morgan fingerprint density at radius 2 is 1.16 bits per heavy atom. The van der Waals surface area contributed by atoms with Crippen LogP contribution in [0.4, 0.5) is 0 Å². The van der Waals surface area contributed by atoms with E-state index in [-0.39, 0.29) is 24.3 Å². The lowest BCUT2D eigenvalue weighted by atomic mass is 9.73. The van der Waals surface area contributed by atoms with Gasteiger partial charge in [0, 0.05) is 11.8 Å². The quantitative estimate of drug-likeness (QED) is 0.198. The van der Waals surface area contributed by atoms with Crippen molar-refractivity contribution in [1.82, 2.24) is 10.6 Å². The number of nitrogens with one attached hydrogen (secondary N) is 2. The third-order valence-corrected chi connectivity index (χ3v) is 5.92. The number of aromatic hydroxyl groups is 2. The Morgan fingerprint density at radius 3 is 1.57 bits per heavy atom. The van der Waals surface area contributed by atoms with Gasteiger partial charge in [0.1, 0.15) is 23.6 Å². The first kappa shape index (κ1) is 28.6. The molecule has 0 saturated carbocycles. The molecule has 0 aliphatic rings. The van der Waals surface area contributed by atoms with Crippen LogP contribution in [0.5, 0.6) is 11.5 Å². The van der Waals surface area contributed by atoms with Crippen molar-refractivity contribution in [2.24, 2.45) is 5.73 Å². The molecular weight excluding hydrogens is 486 g/mol. The number of primary amides is 1. The van der Waals surface area contributed by atoms with Crippen LogP contribution in [0.25, 0.3) is 0 Å². The van der Waals surface area contributed by atoms with Gasteiger partial charge in [-0.2, -0.15) is 0 Å². The third-order valence-electron chi connectivity index (χ3n) is 5.92. The van der Waals surface area contributed by atoms with Gasteiger partial charge in [0.15, 0.2) is 0 Å². The summed E-state index contributed by atoms with van der Waals surface area (Å²) in [5, 5.41) is 42.2. The van der Waals surface area contributed by atoms with Crippen molar-refractivity contribution < 1.29 is 44.4 Å². The van der Waals surface area contributed by atoms with E-state index in [4.69, 9.17) is 10.8 Å². The van der Waals surface area contributed by atoms with Gasteiger partial charge in [0.25, 0.3) is 0 Å². The predicted octanol–water partition coefficient (Wildman–Crippen LogP) is 0.588. The second kappa shape index (κ2) is 12.4. The molecule has 37 heavy (non-hydrogen) atoms. The minimum Gasteiger partial charge on any atom is -0.508 e. The summed E-state index contributed by atoms with van der Waals surface area (Å²) in [6, 6.07) is 9.46. The second-order valence-electron chi connectivity index (χ2n) is 8.72. The van der Waals surface area contributed by atoms with E-state index in [1.165, 1.54) is 24.3 Å². The van der Waals surface area contributed by atoms with Crippen molar-refractivity contribution >= 4 is 29.7 Å². The lowest BCUT2D eigenvalue weighted by Gasteiger charge is -2.31. The van der Waals surface area contributed by atoms with E-state index in [0.29, 0.717) is 0 Å². The summed E-state index contributed by atoms with van der Waals surface area (Å²) in [7, 11) is 0. The van der Waals surface area contributed by atoms with E-state index in [1.807, 2.05) is 12.2 Å². The van der Waals surface area contributed by atoms with Gasteiger partial charge < -0.3 is 36.8 Å². The van der Waals surface area contributed by atoms with Gasteiger partial charge in [-0.05, 0) is 41.8 Å². The number of carboxylic acids is 2. The Labute approximate surface area is 212 Å². The predicted molar refractivity (Wildman–Crippen MR) is 129 cm³/mol. The van der Waals surface area contributed by atoms with Crippen molar-refractivity contribution in [3.8, 4) is 11.5 Å². The number of hydrogen-bond acceptors (Lipinski definition) is 7. The first-order valence-electron chi connectivity index (χ1n) is 11.2. The zero-order valence-corrected chi connectivity index (χ0v) is 20.0. The highest BCUT2D eigenvalue weighted by Gasteiger charge is 2.31. The molecule has 198 valence electrons. The Balaban J connectivity index is 2.13. The maximum absolute atomic E-state index is 12.7. The fraction of sp³-hybridized carbons (Fsp3) is 0.320. The van der Waals surface area contributed by atoms with Gasteiger partial charge in [-0.25, -0.2) is 9.59 Å². The molecule has 0 spiro atoms. The van der Waals surface area contributed by atoms with E-state index >= 15 is 0 Å². The van der Waals surface area contributed by atoms with Gasteiger partial charge in [0.05, 0.1) is 12.8 Å². The number of phenols is 2. The number of hydrogen-bond donors (Lipinski definition) is 7. The van der Waals surface area contributed by atoms with Crippen LogP contribution in [-0.4, -0.2) is 62.2 Å². The van der Waals surface area contributed by atoms with Crippen molar-refractivity contribution in [2.45, 2.75) is 50.1 Å². The second-order valence-corrected chi connectivity index (χ2v) is 8.72. The summed E-state index contributed by atoms with van der Waals surface area (Å²) in [5.74, 6) is -5.57. The maximum Gasteiger partial charge on any atom is 0.326 e. The lowest BCUT2D eigenvalue weighted by molar-refractivity contribution is -0.145. The van der Waals surface area contributed by atoms with E-state index in [1.54, 1.807) is 24.3 Å². The number of rotatable bonds is 13. The fourth-order valence-corrected chi connectivity index (χ4v) is 3.78. The van der Waals surface area contributed by atoms with Gasteiger partial charge in [0.2, 0.25) is 17.7 Å². The first-order valence-corrected chi connectivity index (χ1v) is 11.2. The van der Waals surface area contributed by atoms with Crippen molar-refractivity contribution in [2.75, 3.05) is 0 Å². The number of aliphatic carboxylic acids is 2. The summed E-state index contributed by atoms with van der Waals surface area (Å²) >= 11 is 0. The van der Waals surface area contributed by atoms with E-state index in [0.717, 1.165) is 11.1 Å². The topological polar surface area (TPSA) is 216 Å². The van der Waals surface area contributed by atoms with Crippen molar-refractivity contribution in [3.63, 3.8) is 0 Å². The molecule has 2 atom stereocenters. The fourth-order valence-electron chi connectivity index (χ4n) is 3.78. The minimum absolute atomic E-state index is 0.0538. The highest BCUT2D eigenvalue weighted by molar-refractivity contribution is 5.91. The van der Waals surface area contributed by atoms with E-state index in [2.05, 4.69) is 5.32 Å². The highest BCUT2D eigenvalue weighted by atomic mass is 16.4. The van der Waals surface area contributed by atoms with E-state index < -0.39 is 60.0 Å². The van der Waals surface area contributed by atoms with Gasteiger partial charge >= 0.3 is 11.9 Å². The molecule has 3 amide bonds. The zero-order chi connectivity index (χ0) is 27.8. The number of carboxylic acid groups (broad SMARTS) is 2. The third kappa shape index (κ3) is 8.23. The average molecular weight is 516 g/mol. The summed E-state index contributed by atoms with van der Waals surface area (Å²) < 4.78 is 0. The molecule has 0 aromatic heterocycles. The molecule has 12 heteroatoms. The van der Waals surface area contributed by atoms with Crippen LogP contribution in [0.15, 0.2) is 48.5 Å². The molecular formula is C25H29N3O9. The first-order chi connectivity index (χ1) is 17.3. The Hall–Kier alpha value is -4.61. The number of amides is 3. The van der Waals surface area contributed by atoms with Crippen LogP contribution in [0.1, 0.15) is 43.7 Å². The molecule has 0 aliphatic heterocycles. The monoisotopic (exact) mass is 515 g/mol. The van der Waals surface area contributed by atoms with Crippen LogP contribution >= 0.6 is 0 Å². The zero-order valence-electron chi connectivity index (χ0n) is 20.0. The highest BCUT2D eigenvalue weighted by Crippen LogP contribution is 2.37. The lowest BCUT2D eigenvalue weighted by Crippen LogP contribution is -2.48. The molecule has 2 aromatic rings. The molecule has 0 aliphatic carbocycles. The number of phenolic OH excluding ortho intramolecular Hbond substituents is 2. The summed E-state index contributed by atoms with van der Waals surface area (Å²) in [6.07, 6.45) is -1.40. The van der Waals surface area contributed by atoms with Gasteiger partial charge in [-0.1, -0.05) is 31.2 Å². The van der Waals surface area contributed by atoms with Crippen molar-refractivity contribution in [1.29, 1.82) is 0 Å². The Kier molecular flexibility index (Phi) is 9.58. The molecule has 0 fully saturated rings. The SMILES string of the molecule is CC(CCC(=O)N[C@@H](CC(=O)N[C@@H](CC(N)=O)C(=O)O)C(=O)O)(c1ccc(O)cc1)c1ccc(O)cc1. The number of benzene rings is 2. The van der Waals surface area contributed by atoms with Crippen LogP contribution in [-0.2, 0) is 29.4 Å². The Bertz CT molecular complexity index is 1100. The Morgan fingerprint density at radius 1 is 0.757 bits per heavy atom. The molecule has 0 bridgehead atoms. The summed E-state index contributed by atoms with van der Waals surface area (Å²) in [4.78, 5) is 58.7. The summed E-state index contributed by atoms with van der Waals surface area (Å²) in [5.41, 5.74) is 5.71. The molecule has 0 unspecified atom stereocenters. The molecule has 12 nitrogen and oxygen atoms in total. The molecule has 0 saturated heterocycles.